The lowest BCUT2D eigenvalue weighted by Gasteiger charge is -2.14. The minimum Gasteiger partial charge on any atom is -0.396 e. The van der Waals surface area contributed by atoms with Crippen LogP contribution in [-0.2, 0) is 10.0 Å². The highest BCUT2D eigenvalue weighted by Crippen LogP contribution is 2.45. The molecule has 1 aliphatic carbocycles. The van der Waals surface area contributed by atoms with Crippen LogP contribution >= 0.6 is 0 Å². The fraction of sp³-hybridized carbons (Fsp3) is 0.455. The Morgan fingerprint density at radius 3 is 2.56 bits per heavy atom. The molecule has 0 heterocycles. The van der Waals surface area contributed by atoms with Gasteiger partial charge in [-0.3, -0.25) is 0 Å². The van der Waals surface area contributed by atoms with Crippen LogP contribution in [0.1, 0.15) is 12.8 Å². The van der Waals surface area contributed by atoms with Crippen LogP contribution in [0.15, 0.2) is 23.1 Å². The topological polar surface area (TPSA) is 92.4 Å². The number of hydrogen-bond acceptors (Lipinski definition) is 4. The summed E-state index contributed by atoms with van der Waals surface area (Å²) in [6.45, 7) is 0.534. The number of anilines is 1. The highest BCUT2D eigenvalue weighted by molar-refractivity contribution is 7.89. The molecular weight excluding hydrogens is 259 g/mol. The number of aliphatic hydroxyl groups excluding tert-OH is 1. The van der Waals surface area contributed by atoms with Gasteiger partial charge in [-0.1, -0.05) is 0 Å². The molecule has 0 saturated heterocycles. The summed E-state index contributed by atoms with van der Waals surface area (Å²) in [5, 5.41) is 16.9. The van der Waals surface area contributed by atoms with E-state index >= 15 is 0 Å². The summed E-state index contributed by atoms with van der Waals surface area (Å²) >= 11 is 0. The van der Waals surface area contributed by atoms with Crippen molar-refractivity contribution in [3.63, 3.8) is 0 Å². The molecule has 2 rings (SSSR count). The maximum absolute atomic E-state index is 13.6. The van der Waals surface area contributed by atoms with Crippen LogP contribution < -0.4 is 10.5 Å². The number of hydrogen-bond donors (Lipinski definition) is 3. The minimum absolute atomic E-state index is 0.0664. The van der Waals surface area contributed by atoms with Crippen molar-refractivity contribution in [2.75, 3.05) is 18.5 Å². The molecule has 1 saturated carbocycles. The number of rotatable bonds is 5. The zero-order valence-electron chi connectivity index (χ0n) is 9.69. The predicted octanol–water partition coefficient (Wildman–Crippen LogP) is 0.657. The fourth-order valence-corrected chi connectivity index (χ4v) is 2.19. The van der Waals surface area contributed by atoms with Crippen LogP contribution in [0, 0.1) is 11.2 Å². The van der Waals surface area contributed by atoms with Crippen molar-refractivity contribution in [1.82, 2.24) is 0 Å². The van der Waals surface area contributed by atoms with Crippen LogP contribution in [0.2, 0.25) is 0 Å². The molecule has 0 aromatic heterocycles. The first-order valence-corrected chi connectivity index (χ1v) is 7.08. The van der Waals surface area contributed by atoms with E-state index in [1.807, 2.05) is 0 Å². The maximum atomic E-state index is 13.6. The van der Waals surface area contributed by atoms with Gasteiger partial charge in [-0.25, -0.2) is 17.9 Å². The molecule has 1 aliphatic rings. The van der Waals surface area contributed by atoms with Crippen molar-refractivity contribution >= 4 is 15.7 Å². The lowest BCUT2D eigenvalue weighted by atomic mass is 10.1. The second-order valence-corrected chi connectivity index (χ2v) is 6.26. The summed E-state index contributed by atoms with van der Waals surface area (Å²) in [4.78, 5) is -0.256. The summed E-state index contributed by atoms with van der Waals surface area (Å²) in [7, 11) is -3.89. The molecule has 0 unspecified atom stereocenters. The first-order chi connectivity index (χ1) is 8.36. The lowest BCUT2D eigenvalue weighted by Crippen LogP contribution is -2.20. The predicted molar refractivity (Wildman–Crippen MR) is 65.0 cm³/mol. The molecule has 4 N–H and O–H groups in total. The second kappa shape index (κ2) is 4.49. The Morgan fingerprint density at radius 2 is 2.11 bits per heavy atom. The van der Waals surface area contributed by atoms with Gasteiger partial charge in [0.25, 0.3) is 0 Å². The Morgan fingerprint density at radius 1 is 1.44 bits per heavy atom. The summed E-state index contributed by atoms with van der Waals surface area (Å²) in [6, 6.07) is 3.47. The number of sulfonamides is 1. The van der Waals surface area contributed by atoms with Gasteiger partial charge >= 0.3 is 0 Å². The van der Waals surface area contributed by atoms with Crippen molar-refractivity contribution in [3.8, 4) is 0 Å². The fourth-order valence-electron chi connectivity index (χ4n) is 1.67. The van der Waals surface area contributed by atoms with E-state index in [1.54, 1.807) is 0 Å². The molecule has 0 radical (unpaired) electrons. The van der Waals surface area contributed by atoms with Crippen molar-refractivity contribution in [1.29, 1.82) is 0 Å². The van der Waals surface area contributed by atoms with Gasteiger partial charge in [0, 0.05) is 12.0 Å². The SMILES string of the molecule is NS(=O)(=O)c1ccc(NCC2(CO)CC2)c(F)c1. The van der Waals surface area contributed by atoms with Crippen LogP contribution in [0.5, 0.6) is 0 Å². The second-order valence-electron chi connectivity index (χ2n) is 4.70. The molecule has 0 amide bonds. The number of nitrogens with one attached hydrogen (secondary N) is 1. The number of primary sulfonamides is 1. The zero-order chi connectivity index (χ0) is 13.4. The van der Waals surface area contributed by atoms with Crippen molar-refractivity contribution in [3.05, 3.63) is 24.0 Å². The van der Waals surface area contributed by atoms with Crippen LogP contribution in [0.3, 0.4) is 0 Å². The number of aliphatic hydroxyl groups is 1. The normalized spacial score (nSPS) is 17.5. The number of benzene rings is 1. The van der Waals surface area contributed by atoms with Gasteiger partial charge in [0.1, 0.15) is 5.82 Å². The third-order valence-corrected chi connectivity index (χ3v) is 4.13. The zero-order valence-corrected chi connectivity index (χ0v) is 10.5. The standard InChI is InChI=1S/C11H15FN2O3S/c12-9-5-8(18(13,16)17)1-2-10(9)14-6-11(7-15)3-4-11/h1-2,5,14-15H,3-4,6-7H2,(H2,13,16,17). The third-order valence-electron chi connectivity index (χ3n) is 3.22. The van der Waals surface area contributed by atoms with E-state index in [1.165, 1.54) is 12.1 Å². The average Bonchev–Trinajstić information content (AvgIpc) is 3.07. The molecule has 0 spiro atoms. The van der Waals surface area contributed by atoms with E-state index in [0.717, 1.165) is 18.9 Å². The van der Waals surface area contributed by atoms with Gasteiger partial charge in [-0.05, 0) is 31.0 Å². The number of halogens is 1. The van der Waals surface area contributed by atoms with Gasteiger partial charge in [0.2, 0.25) is 10.0 Å². The van der Waals surface area contributed by atoms with E-state index in [4.69, 9.17) is 10.2 Å². The maximum Gasteiger partial charge on any atom is 0.238 e. The van der Waals surface area contributed by atoms with Crippen molar-refractivity contribution < 1.29 is 17.9 Å². The Kier molecular flexibility index (Phi) is 3.31. The van der Waals surface area contributed by atoms with Crippen molar-refractivity contribution in [2.24, 2.45) is 10.6 Å². The lowest BCUT2D eigenvalue weighted by molar-refractivity contribution is 0.219. The van der Waals surface area contributed by atoms with Crippen LogP contribution in [0.4, 0.5) is 10.1 Å². The van der Waals surface area contributed by atoms with Gasteiger partial charge in [0.05, 0.1) is 17.2 Å². The molecule has 0 bridgehead atoms. The quantitative estimate of drug-likeness (QED) is 0.735. The largest absolute Gasteiger partial charge is 0.396 e. The highest BCUT2D eigenvalue weighted by Gasteiger charge is 2.41. The van der Waals surface area contributed by atoms with Crippen molar-refractivity contribution in [2.45, 2.75) is 17.7 Å². The smallest absolute Gasteiger partial charge is 0.238 e. The van der Waals surface area contributed by atoms with Gasteiger partial charge in [0.15, 0.2) is 0 Å². The Bertz CT molecular complexity index is 555. The molecular formula is C11H15FN2O3S. The Balaban J connectivity index is 2.11. The Labute approximate surface area is 105 Å². The van der Waals surface area contributed by atoms with Gasteiger partial charge in [-0.15, -0.1) is 0 Å². The summed E-state index contributed by atoms with van der Waals surface area (Å²) in [5.41, 5.74) is 0.0625. The molecule has 7 heteroatoms. The van der Waals surface area contributed by atoms with Crippen LogP contribution in [0.25, 0.3) is 0 Å². The number of nitrogens with two attached hydrogens (primary N) is 1. The van der Waals surface area contributed by atoms with E-state index in [2.05, 4.69) is 5.32 Å². The van der Waals surface area contributed by atoms with Gasteiger partial charge < -0.3 is 10.4 Å². The summed E-state index contributed by atoms with van der Waals surface area (Å²) < 4.78 is 35.7. The van der Waals surface area contributed by atoms with E-state index in [0.29, 0.717) is 6.54 Å². The first kappa shape index (κ1) is 13.3. The average molecular weight is 274 g/mol. The molecule has 18 heavy (non-hydrogen) atoms. The highest BCUT2D eigenvalue weighted by atomic mass is 32.2. The first-order valence-electron chi connectivity index (χ1n) is 5.53. The van der Waals surface area contributed by atoms with Crippen LogP contribution in [-0.4, -0.2) is 26.7 Å². The molecule has 1 aromatic rings. The van der Waals surface area contributed by atoms with E-state index in [9.17, 15) is 12.8 Å². The summed E-state index contributed by atoms with van der Waals surface area (Å²) in [5.74, 6) is -0.671. The molecule has 100 valence electrons. The molecule has 0 atom stereocenters. The monoisotopic (exact) mass is 274 g/mol. The minimum atomic E-state index is -3.89. The molecule has 5 nitrogen and oxygen atoms in total. The van der Waals surface area contributed by atoms with Gasteiger partial charge in [-0.2, -0.15) is 0 Å². The van der Waals surface area contributed by atoms with E-state index < -0.39 is 15.8 Å². The molecule has 0 aliphatic heterocycles. The molecule has 1 aromatic carbocycles. The third kappa shape index (κ3) is 2.80. The Hall–Kier alpha value is -1.18. The summed E-state index contributed by atoms with van der Waals surface area (Å²) in [6.07, 6.45) is 1.82. The molecule has 1 fully saturated rings. The van der Waals surface area contributed by atoms with E-state index in [-0.39, 0.29) is 22.6 Å².